The second kappa shape index (κ2) is 7.11. The zero-order chi connectivity index (χ0) is 18.0. The van der Waals surface area contributed by atoms with E-state index in [0.29, 0.717) is 11.3 Å². The van der Waals surface area contributed by atoms with Crippen molar-refractivity contribution < 1.29 is 14.3 Å². The van der Waals surface area contributed by atoms with E-state index in [2.05, 4.69) is 20.9 Å². The van der Waals surface area contributed by atoms with Gasteiger partial charge in [0.15, 0.2) is 5.70 Å². The summed E-state index contributed by atoms with van der Waals surface area (Å²) in [6.07, 6.45) is 1.72. The molecule has 6 heteroatoms. The van der Waals surface area contributed by atoms with Gasteiger partial charge in [-0.3, -0.25) is 0 Å². The monoisotopic (exact) mass is 400 g/mol. The maximum atomic E-state index is 12.1. The fraction of sp³-hybridized carbons (Fsp3) is 0.158. The number of esters is 1. The molecule has 3 rings (SSSR count). The predicted octanol–water partition coefficient (Wildman–Crippen LogP) is 3.87. The van der Waals surface area contributed by atoms with E-state index in [0.717, 1.165) is 15.7 Å². The minimum Gasteiger partial charge on any atom is -0.496 e. The summed E-state index contributed by atoms with van der Waals surface area (Å²) in [7, 11) is 5.55. The highest BCUT2D eigenvalue weighted by Crippen LogP contribution is 2.28. The minimum absolute atomic E-state index is 0.277. The summed E-state index contributed by atoms with van der Waals surface area (Å²) in [4.78, 5) is 18.4. The van der Waals surface area contributed by atoms with Crippen LogP contribution in [0.1, 0.15) is 11.1 Å². The van der Waals surface area contributed by atoms with Crippen LogP contribution in [0.25, 0.3) is 6.08 Å². The quantitative estimate of drug-likeness (QED) is 0.577. The Kier molecular flexibility index (Phi) is 4.90. The number of hydrogen-bond acceptors (Lipinski definition) is 5. The molecule has 128 valence electrons. The fourth-order valence-electron chi connectivity index (χ4n) is 2.36. The third-order valence-corrected chi connectivity index (χ3v) is 4.35. The lowest BCUT2D eigenvalue weighted by Crippen LogP contribution is -2.08. The van der Waals surface area contributed by atoms with Gasteiger partial charge in [-0.2, -0.15) is 0 Å². The second-order valence-corrected chi connectivity index (χ2v) is 6.53. The SMILES string of the molecule is COc1ccc(C2=N/C(=C/c3ccc(N(C)C)cc3)C(=O)O2)cc1Br. The third kappa shape index (κ3) is 3.74. The molecule has 0 amide bonds. The van der Waals surface area contributed by atoms with E-state index in [1.165, 1.54) is 0 Å². The fourth-order valence-corrected chi connectivity index (χ4v) is 2.90. The Bertz CT molecular complexity index is 871. The van der Waals surface area contributed by atoms with Gasteiger partial charge >= 0.3 is 5.97 Å². The topological polar surface area (TPSA) is 51.1 Å². The Balaban J connectivity index is 1.88. The molecular formula is C19H17BrN2O3. The first-order valence-electron chi connectivity index (χ1n) is 7.62. The first-order valence-corrected chi connectivity index (χ1v) is 8.41. The van der Waals surface area contributed by atoms with Crippen LogP contribution in [0.3, 0.4) is 0 Å². The molecule has 0 N–H and O–H groups in total. The second-order valence-electron chi connectivity index (χ2n) is 5.67. The van der Waals surface area contributed by atoms with Gasteiger partial charge in [-0.05, 0) is 57.9 Å². The molecule has 0 aliphatic carbocycles. The molecule has 0 spiro atoms. The third-order valence-electron chi connectivity index (χ3n) is 3.73. The number of halogens is 1. The number of methoxy groups -OCH3 is 1. The zero-order valence-corrected chi connectivity index (χ0v) is 15.7. The van der Waals surface area contributed by atoms with Crippen LogP contribution < -0.4 is 9.64 Å². The van der Waals surface area contributed by atoms with Crippen molar-refractivity contribution in [3.8, 4) is 5.75 Å². The van der Waals surface area contributed by atoms with Crippen molar-refractivity contribution >= 4 is 39.6 Å². The highest BCUT2D eigenvalue weighted by atomic mass is 79.9. The van der Waals surface area contributed by atoms with Crippen LogP contribution in [0.15, 0.2) is 57.6 Å². The largest absolute Gasteiger partial charge is 0.496 e. The molecule has 1 heterocycles. The van der Waals surface area contributed by atoms with Crippen LogP contribution in [0.4, 0.5) is 5.69 Å². The van der Waals surface area contributed by atoms with Gasteiger partial charge in [0, 0.05) is 25.3 Å². The molecule has 0 atom stereocenters. The van der Waals surface area contributed by atoms with Crippen molar-refractivity contribution in [2.75, 3.05) is 26.1 Å². The Morgan fingerprint density at radius 3 is 2.48 bits per heavy atom. The molecule has 0 saturated heterocycles. The van der Waals surface area contributed by atoms with Crippen LogP contribution in [0.2, 0.25) is 0 Å². The van der Waals surface area contributed by atoms with Crippen LogP contribution in [-0.2, 0) is 9.53 Å². The van der Waals surface area contributed by atoms with Gasteiger partial charge in [-0.1, -0.05) is 12.1 Å². The van der Waals surface area contributed by atoms with Gasteiger partial charge in [0.2, 0.25) is 5.90 Å². The normalized spacial score (nSPS) is 15.1. The smallest absolute Gasteiger partial charge is 0.363 e. The van der Waals surface area contributed by atoms with Crippen molar-refractivity contribution in [3.05, 3.63) is 63.8 Å². The Labute approximate surface area is 154 Å². The molecule has 25 heavy (non-hydrogen) atoms. The van der Waals surface area contributed by atoms with Gasteiger partial charge in [-0.25, -0.2) is 9.79 Å². The predicted molar refractivity (Wildman–Crippen MR) is 102 cm³/mol. The zero-order valence-electron chi connectivity index (χ0n) is 14.1. The van der Waals surface area contributed by atoms with Gasteiger partial charge in [-0.15, -0.1) is 0 Å². The van der Waals surface area contributed by atoms with E-state index in [9.17, 15) is 4.79 Å². The number of cyclic esters (lactones) is 1. The summed E-state index contributed by atoms with van der Waals surface area (Å²) in [6.45, 7) is 0. The average molecular weight is 401 g/mol. The first-order chi connectivity index (χ1) is 12.0. The summed E-state index contributed by atoms with van der Waals surface area (Å²) in [5.41, 5.74) is 2.95. The van der Waals surface area contributed by atoms with E-state index in [1.807, 2.05) is 43.3 Å². The Hall–Kier alpha value is -2.60. The standard InChI is InChI=1S/C19H17BrN2O3/c1-22(2)14-7-4-12(5-8-14)10-16-19(23)25-18(21-16)13-6-9-17(24-3)15(20)11-13/h4-11H,1-3H3/b16-10+. The summed E-state index contributed by atoms with van der Waals surface area (Å²) >= 11 is 3.42. The van der Waals surface area contributed by atoms with Crippen LogP contribution in [-0.4, -0.2) is 33.1 Å². The Morgan fingerprint density at radius 2 is 1.88 bits per heavy atom. The number of aliphatic imine (C=N–C) groups is 1. The van der Waals surface area contributed by atoms with Crippen molar-refractivity contribution in [2.24, 2.45) is 4.99 Å². The number of carbonyl (C=O) groups excluding carboxylic acids is 1. The molecule has 0 radical (unpaired) electrons. The molecule has 0 aromatic heterocycles. The van der Waals surface area contributed by atoms with E-state index in [4.69, 9.17) is 9.47 Å². The molecule has 0 saturated carbocycles. The summed E-state index contributed by atoms with van der Waals surface area (Å²) in [6, 6.07) is 13.2. The number of nitrogens with zero attached hydrogens (tertiary/aromatic N) is 2. The first kappa shape index (κ1) is 17.2. The van der Waals surface area contributed by atoms with E-state index < -0.39 is 5.97 Å². The van der Waals surface area contributed by atoms with Crippen molar-refractivity contribution in [2.45, 2.75) is 0 Å². The average Bonchev–Trinajstić information content (AvgIpc) is 2.96. The lowest BCUT2D eigenvalue weighted by molar-refractivity contribution is -0.129. The molecule has 0 bridgehead atoms. The molecule has 0 unspecified atom stereocenters. The number of rotatable bonds is 4. The van der Waals surface area contributed by atoms with Crippen molar-refractivity contribution in [1.29, 1.82) is 0 Å². The van der Waals surface area contributed by atoms with Crippen LogP contribution in [0, 0.1) is 0 Å². The lowest BCUT2D eigenvalue weighted by atomic mass is 10.1. The highest BCUT2D eigenvalue weighted by Gasteiger charge is 2.24. The Morgan fingerprint density at radius 1 is 1.16 bits per heavy atom. The van der Waals surface area contributed by atoms with Crippen molar-refractivity contribution in [1.82, 2.24) is 0 Å². The van der Waals surface area contributed by atoms with E-state index >= 15 is 0 Å². The number of benzene rings is 2. The number of anilines is 1. The molecule has 1 aliphatic heterocycles. The van der Waals surface area contributed by atoms with Crippen LogP contribution >= 0.6 is 15.9 Å². The van der Waals surface area contributed by atoms with Gasteiger partial charge in [0.25, 0.3) is 0 Å². The molecule has 2 aromatic rings. The molecule has 5 nitrogen and oxygen atoms in total. The van der Waals surface area contributed by atoms with Crippen LogP contribution in [0.5, 0.6) is 5.75 Å². The maximum absolute atomic E-state index is 12.1. The van der Waals surface area contributed by atoms with Crippen molar-refractivity contribution in [3.63, 3.8) is 0 Å². The lowest BCUT2D eigenvalue weighted by Gasteiger charge is -2.11. The minimum atomic E-state index is -0.460. The summed E-state index contributed by atoms with van der Waals surface area (Å²) in [5.74, 6) is 0.522. The van der Waals surface area contributed by atoms with Gasteiger partial charge in [0.1, 0.15) is 5.75 Å². The molecule has 1 aliphatic rings. The van der Waals surface area contributed by atoms with Gasteiger partial charge in [0.05, 0.1) is 11.6 Å². The number of carbonyl (C=O) groups is 1. The summed E-state index contributed by atoms with van der Waals surface area (Å²) in [5, 5.41) is 0. The highest BCUT2D eigenvalue weighted by molar-refractivity contribution is 9.10. The summed E-state index contributed by atoms with van der Waals surface area (Å²) < 4.78 is 11.3. The van der Waals surface area contributed by atoms with E-state index in [1.54, 1.807) is 31.4 Å². The molecule has 2 aromatic carbocycles. The van der Waals surface area contributed by atoms with Gasteiger partial charge < -0.3 is 14.4 Å². The maximum Gasteiger partial charge on any atom is 0.363 e. The molecule has 0 fully saturated rings. The molecular weight excluding hydrogens is 384 g/mol. The number of ether oxygens (including phenoxy) is 2. The number of hydrogen-bond donors (Lipinski definition) is 0. The van der Waals surface area contributed by atoms with E-state index in [-0.39, 0.29) is 11.6 Å².